The highest BCUT2D eigenvalue weighted by Crippen LogP contribution is 2.23. The molecule has 0 saturated heterocycles. The van der Waals surface area contributed by atoms with E-state index in [1.165, 1.54) is 11.1 Å². The van der Waals surface area contributed by atoms with E-state index in [-0.39, 0.29) is 0 Å². The van der Waals surface area contributed by atoms with E-state index in [2.05, 4.69) is 34.7 Å². The zero-order valence-corrected chi connectivity index (χ0v) is 11.9. The Kier molecular flexibility index (Phi) is 4.27. The van der Waals surface area contributed by atoms with Crippen molar-refractivity contribution in [2.24, 2.45) is 4.99 Å². The van der Waals surface area contributed by atoms with Crippen molar-refractivity contribution in [3.63, 3.8) is 0 Å². The number of nitrogens with zero attached hydrogens (tertiary/aromatic N) is 1. The summed E-state index contributed by atoms with van der Waals surface area (Å²) >= 11 is 0. The summed E-state index contributed by atoms with van der Waals surface area (Å²) < 4.78 is 0. The topological polar surface area (TPSA) is 24.4 Å². The Balaban J connectivity index is 1.63. The molecule has 0 saturated carbocycles. The smallest absolute Gasteiger partial charge is 0.0629 e. The number of benzene rings is 2. The second-order valence-electron chi connectivity index (χ2n) is 5.04. The van der Waals surface area contributed by atoms with Crippen LogP contribution in [0.15, 0.2) is 89.1 Å². The summed E-state index contributed by atoms with van der Waals surface area (Å²) in [5.41, 5.74) is 4.70. The van der Waals surface area contributed by atoms with Crippen molar-refractivity contribution in [1.82, 2.24) is 0 Å². The number of hydrogen-bond donors (Lipinski definition) is 1. The number of aliphatic imine (C=N–C) groups is 1. The van der Waals surface area contributed by atoms with Crippen molar-refractivity contribution in [1.29, 1.82) is 0 Å². The number of anilines is 1. The quantitative estimate of drug-likeness (QED) is 0.770. The van der Waals surface area contributed by atoms with Crippen LogP contribution in [-0.4, -0.2) is 6.21 Å². The van der Waals surface area contributed by atoms with Gasteiger partial charge in [-0.3, -0.25) is 4.99 Å². The largest absolute Gasteiger partial charge is 0.361 e. The molecule has 0 radical (unpaired) electrons. The van der Waals surface area contributed by atoms with Gasteiger partial charge in [0.05, 0.1) is 5.69 Å². The number of hydrogen-bond acceptors (Lipinski definition) is 2. The minimum Gasteiger partial charge on any atom is -0.361 e. The van der Waals surface area contributed by atoms with E-state index in [4.69, 9.17) is 0 Å². The lowest BCUT2D eigenvalue weighted by Gasteiger charge is -2.00. The molecule has 2 heteroatoms. The van der Waals surface area contributed by atoms with Gasteiger partial charge >= 0.3 is 0 Å². The number of allylic oxidation sites excluding steroid dienone is 3. The molecule has 21 heavy (non-hydrogen) atoms. The lowest BCUT2D eigenvalue weighted by molar-refractivity contribution is 1.04. The van der Waals surface area contributed by atoms with Gasteiger partial charge in [0.25, 0.3) is 0 Å². The second-order valence-corrected chi connectivity index (χ2v) is 5.04. The summed E-state index contributed by atoms with van der Waals surface area (Å²) in [6, 6.07) is 20.2. The average molecular weight is 274 g/mol. The van der Waals surface area contributed by atoms with Gasteiger partial charge in [0.2, 0.25) is 0 Å². The molecule has 0 atom stereocenters. The predicted molar refractivity (Wildman–Crippen MR) is 90.1 cm³/mol. The molecule has 0 amide bonds. The van der Waals surface area contributed by atoms with E-state index < -0.39 is 0 Å². The van der Waals surface area contributed by atoms with Crippen molar-refractivity contribution in [2.75, 3.05) is 5.32 Å². The molecule has 104 valence electrons. The maximum Gasteiger partial charge on any atom is 0.0629 e. The molecule has 0 bridgehead atoms. The maximum absolute atomic E-state index is 4.50. The molecule has 2 aromatic rings. The Morgan fingerprint density at radius 2 is 1.57 bits per heavy atom. The lowest BCUT2D eigenvalue weighted by Crippen LogP contribution is -1.88. The fourth-order valence-electron chi connectivity index (χ4n) is 2.27. The van der Waals surface area contributed by atoms with Crippen LogP contribution < -0.4 is 5.32 Å². The molecule has 2 nitrogen and oxygen atoms in total. The van der Waals surface area contributed by atoms with Gasteiger partial charge in [-0.05, 0) is 48.3 Å². The fraction of sp³-hybridized carbons (Fsp3) is 0.105. The molecule has 1 N–H and O–H groups in total. The van der Waals surface area contributed by atoms with Gasteiger partial charge in [0.15, 0.2) is 0 Å². The number of para-hydroxylation sites is 2. The Labute approximate surface area is 125 Å². The number of nitrogens with one attached hydrogen (secondary N) is 1. The van der Waals surface area contributed by atoms with Crippen molar-refractivity contribution in [3.05, 3.63) is 84.1 Å². The van der Waals surface area contributed by atoms with Crippen LogP contribution in [-0.2, 0) is 0 Å². The Morgan fingerprint density at radius 3 is 2.33 bits per heavy atom. The van der Waals surface area contributed by atoms with Crippen LogP contribution in [0.4, 0.5) is 11.4 Å². The van der Waals surface area contributed by atoms with Gasteiger partial charge in [0, 0.05) is 18.1 Å². The molecule has 0 heterocycles. The minimum atomic E-state index is 0.998. The summed E-state index contributed by atoms with van der Waals surface area (Å²) in [6.45, 7) is 0. The third-order valence-corrected chi connectivity index (χ3v) is 3.41. The van der Waals surface area contributed by atoms with Crippen LogP contribution >= 0.6 is 0 Å². The van der Waals surface area contributed by atoms with Gasteiger partial charge < -0.3 is 5.32 Å². The molecular formula is C19H18N2. The van der Waals surface area contributed by atoms with Crippen molar-refractivity contribution in [2.45, 2.75) is 12.8 Å². The Morgan fingerprint density at radius 1 is 0.857 bits per heavy atom. The van der Waals surface area contributed by atoms with Gasteiger partial charge in [-0.1, -0.05) is 42.5 Å². The zero-order valence-electron chi connectivity index (χ0n) is 11.9. The van der Waals surface area contributed by atoms with E-state index in [1.807, 2.05) is 54.7 Å². The van der Waals surface area contributed by atoms with Crippen molar-refractivity contribution in [3.8, 4) is 0 Å². The van der Waals surface area contributed by atoms with Crippen LogP contribution in [0.2, 0.25) is 0 Å². The molecule has 0 fully saturated rings. The van der Waals surface area contributed by atoms with E-state index in [0.717, 1.165) is 24.2 Å². The standard InChI is InChI=1S/C19H18N2/c1-3-7-18(8-4-1)20-14-16-11-12-17(13-16)15-21-19-9-5-2-6-10-19/h1-10,13-15,20H,11-12H2/b16-14+,21-15?. The molecular weight excluding hydrogens is 256 g/mol. The third kappa shape index (κ3) is 3.93. The van der Waals surface area contributed by atoms with E-state index in [0.29, 0.717) is 0 Å². The first-order valence-electron chi connectivity index (χ1n) is 7.20. The summed E-state index contributed by atoms with van der Waals surface area (Å²) in [5, 5.41) is 3.33. The SMILES string of the molecule is C(=Nc1ccccc1)C1=C/C(=C/Nc2ccccc2)CC1. The average Bonchev–Trinajstić information content (AvgIpc) is 3.01. The van der Waals surface area contributed by atoms with Gasteiger partial charge in [-0.25, -0.2) is 0 Å². The summed E-state index contributed by atoms with van der Waals surface area (Å²) in [5.74, 6) is 0. The predicted octanol–water partition coefficient (Wildman–Crippen LogP) is 5.11. The summed E-state index contributed by atoms with van der Waals surface area (Å²) in [4.78, 5) is 4.50. The fourth-order valence-corrected chi connectivity index (χ4v) is 2.27. The van der Waals surface area contributed by atoms with Crippen LogP contribution in [0.1, 0.15) is 12.8 Å². The normalized spacial score (nSPS) is 16.4. The molecule has 1 aliphatic carbocycles. The maximum atomic E-state index is 4.50. The van der Waals surface area contributed by atoms with Crippen LogP contribution in [0.5, 0.6) is 0 Å². The molecule has 2 aromatic carbocycles. The van der Waals surface area contributed by atoms with E-state index in [1.54, 1.807) is 0 Å². The second kappa shape index (κ2) is 6.71. The zero-order chi connectivity index (χ0) is 14.3. The highest BCUT2D eigenvalue weighted by molar-refractivity contribution is 5.83. The van der Waals surface area contributed by atoms with Crippen LogP contribution in [0, 0.1) is 0 Å². The van der Waals surface area contributed by atoms with Gasteiger partial charge in [0.1, 0.15) is 0 Å². The molecule has 0 aliphatic heterocycles. The van der Waals surface area contributed by atoms with E-state index >= 15 is 0 Å². The molecule has 0 spiro atoms. The Bertz CT molecular complexity index is 667. The van der Waals surface area contributed by atoms with E-state index in [9.17, 15) is 0 Å². The first kappa shape index (κ1) is 13.4. The molecule has 3 rings (SSSR count). The van der Waals surface area contributed by atoms with Crippen molar-refractivity contribution < 1.29 is 0 Å². The summed E-state index contributed by atoms with van der Waals surface area (Å²) in [7, 11) is 0. The third-order valence-electron chi connectivity index (χ3n) is 3.41. The molecule has 1 aliphatic rings. The van der Waals surface area contributed by atoms with Crippen LogP contribution in [0.25, 0.3) is 0 Å². The molecule has 0 unspecified atom stereocenters. The highest BCUT2D eigenvalue weighted by Gasteiger charge is 2.07. The van der Waals surface area contributed by atoms with Crippen molar-refractivity contribution >= 4 is 17.6 Å². The minimum absolute atomic E-state index is 0.998. The van der Waals surface area contributed by atoms with Gasteiger partial charge in [-0.2, -0.15) is 0 Å². The lowest BCUT2D eigenvalue weighted by atomic mass is 10.2. The molecule has 0 aromatic heterocycles. The highest BCUT2D eigenvalue weighted by atomic mass is 14.8. The van der Waals surface area contributed by atoms with Crippen LogP contribution in [0.3, 0.4) is 0 Å². The number of rotatable bonds is 4. The van der Waals surface area contributed by atoms with Gasteiger partial charge in [-0.15, -0.1) is 0 Å². The Hall–Kier alpha value is -2.61. The first-order valence-corrected chi connectivity index (χ1v) is 7.20. The summed E-state index contributed by atoms with van der Waals surface area (Å²) in [6.07, 6.45) is 8.38. The first-order chi connectivity index (χ1) is 10.4. The monoisotopic (exact) mass is 274 g/mol.